The standard InChI is InChI=1S/C22H23BrN2O2/c1-4-15(2)27-21-11-10-17(13-20(21)23)12-19(14-24)22(26)25-16(3)18-8-6-5-7-9-18/h5-13,15-16H,4H2,1-3H3,(H,25,26)/b19-12-/t15-,16-/m1/s1. The number of carbonyl (C=O) groups excluding carboxylic acids is 1. The molecule has 140 valence electrons. The molecule has 2 rings (SSSR count). The highest BCUT2D eigenvalue weighted by molar-refractivity contribution is 9.10. The second-order valence-corrected chi connectivity index (χ2v) is 7.16. The molecule has 4 nitrogen and oxygen atoms in total. The van der Waals surface area contributed by atoms with E-state index in [1.54, 1.807) is 6.08 Å². The first-order valence-electron chi connectivity index (χ1n) is 8.88. The molecule has 5 heteroatoms. The first-order chi connectivity index (χ1) is 12.9. The summed E-state index contributed by atoms with van der Waals surface area (Å²) in [6, 6.07) is 16.9. The Morgan fingerprint density at radius 2 is 1.96 bits per heavy atom. The van der Waals surface area contributed by atoms with Gasteiger partial charge in [-0.1, -0.05) is 43.3 Å². The minimum atomic E-state index is -0.398. The molecule has 27 heavy (non-hydrogen) atoms. The summed E-state index contributed by atoms with van der Waals surface area (Å²) < 4.78 is 6.60. The third kappa shape index (κ3) is 5.97. The number of nitrogens with one attached hydrogen (secondary N) is 1. The van der Waals surface area contributed by atoms with Crippen molar-refractivity contribution in [2.75, 3.05) is 0 Å². The quantitative estimate of drug-likeness (QED) is 0.475. The molecule has 0 heterocycles. The Morgan fingerprint density at radius 3 is 2.56 bits per heavy atom. The average molecular weight is 427 g/mol. The van der Waals surface area contributed by atoms with Crippen molar-refractivity contribution in [3.63, 3.8) is 0 Å². The molecule has 2 aromatic rings. The lowest BCUT2D eigenvalue weighted by atomic mass is 10.1. The molecule has 2 aromatic carbocycles. The maximum atomic E-state index is 12.5. The first-order valence-corrected chi connectivity index (χ1v) is 9.67. The van der Waals surface area contributed by atoms with Crippen LogP contribution >= 0.6 is 15.9 Å². The molecule has 1 amide bonds. The minimum absolute atomic E-state index is 0.0558. The van der Waals surface area contributed by atoms with E-state index < -0.39 is 5.91 Å². The zero-order chi connectivity index (χ0) is 19.8. The number of hydrogen-bond donors (Lipinski definition) is 1. The van der Waals surface area contributed by atoms with Crippen molar-refractivity contribution < 1.29 is 9.53 Å². The van der Waals surface area contributed by atoms with E-state index in [0.29, 0.717) is 0 Å². The van der Waals surface area contributed by atoms with Crippen LogP contribution in [0.1, 0.15) is 44.4 Å². The van der Waals surface area contributed by atoms with Gasteiger partial charge in [-0.05, 0) is 65.5 Å². The van der Waals surface area contributed by atoms with E-state index in [-0.39, 0.29) is 17.7 Å². The number of benzene rings is 2. The highest BCUT2D eigenvalue weighted by atomic mass is 79.9. The molecule has 0 unspecified atom stereocenters. The maximum absolute atomic E-state index is 12.5. The molecular weight excluding hydrogens is 404 g/mol. The smallest absolute Gasteiger partial charge is 0.262 e. The number of nitriles is 1. The Hall–Kier alpha value is -2.58. The van der Waals surface area contributed by atoms with E-state index in [2.05, 4.69) is 28.2 Å². The molecule has 2 atom stereocenters. The van der Waals surface area contributed by atoms with Gasteiger partial charge in [-0.2, -0.15) is 5.26 Å². The van der Waals surface area contributed by atoms with Crippen LogP contribution in [0, 0.1) is 11.3 Å². The van der Waals surface area contributed by atoms with E-state index >= 15 is 0 Å². The Labute approximate surface area is 169 Å². The lowest BCUT2D eigenvalue weighted by molar-refractivity contribution is -0.117. The third-order valence-electron chi connectivity index (χ3n) is 4.18. The number of halogens is 1. The number of amides is 1. The van der Waals surface area contributed by atoms with Crippen LogP contribution in [-0.4, -0.2) is 12.0 Å². The normalized spacial score (nSPS) is 13.4. The Balaban J connectivity index is 2.14. The highest BCUT2D eigenvalue weighted by Gasteiger charge is 2.14. The van der Waals surface area contributed by atoms with E-state index in [9.17, 15) is 10.1 Å². The highest BCUT2D eigenvalue weighted by Crippen LogP contribution is 2.28. The Morgan fingerprint density at radius 1 is 1.26 bits per heavy atom. The number of carbonyl (C=O) groups is 1. The fourth-order valence-corrected chi connectivity index (χ4v) is 2.91. The van der Waals surface area contributed by atoms with Gasteiger partial charge in [-0.15, -0.1) is 0 Å². The van der Waals surface area contributed by atoms with E-state index in [0.717, 1.165) is 27.8 Å². The Kier molecular flexibility index (Phi) is 7.63. The second-order valence-electron chi connectivity index (χ2n) is 6.30. The molecule has 0 aliphatic rings. The number of nitrogens with zero attached hydrogens (tertiary/aromatic N) is 1. The van der Waals surface area contributed by atoms with Crippen molar-refractivity contribution in [2.45, 2.75) is 39.3 Å². The van der Waals surface area contributed by atoms with Crippen molar-refractivity contribution in [1.82, 2.24) is 5.32 Å². The largest absolute Gasteiger partial charge is 0.490 e. The lowest BCUT2D eigenvalue weighted by Gasteiger charge is -2.15. The molecule has 0 aliphatic heterocycles. The van der Waals surface area contributed by atoms with E-state index in [1.807, 2.05) is 68.4 Å². The molecular formula is C22H23BrN2O2. The van der Waals surface area contributed by atoms with Crippen molar-refractivity contribution in [3.05, 3.63) is 69.7 Å². The summed E-state index contributed by atoms with van der Waals surface area (Å²) in [7, 11) is 0. The van der Waals surface area contributed by atoms with Gasteiger partial charge in [-0.3, -0.25) is 4.79 Å². The van der Waals surface area contributed by atoms with Gasteiger partial charge in [-0.25, -0.2) is 0 Å². The first kappa shape index (κ1) is 20.7. The second kappa shape index (κ2) is 9.94. The van der Waals surface area contributed by atoms with Gasteiger partial charge in [0, 0.05) is 0 Å². The number of hydrogen-bond acceptors (Lipinski definition) is 3. The lowest BCUT2D eigenvalue weighted by Crippen LogP contribution is -2.27. The van der Waals surface area contributed by atoms with Crippen molar-refractivity contribution in [3.8, 4) is 11.8 Å². The van der Waals surface area contributed by atoms with E-state index in [4.69, 9.17) is 4.74 Å². The summed E-state index contributed by atoms with van der Waals surface area (Å²) in [4.78, 5) is 12.5. The zero-order valence-electron chi connectivity index (χ0n) is 15.7. The summed E-state index contributed by atoms with van der Waals surface area (Å²) in [6.45, 7) is 5.95. The predicted octanol–water partition coefficient (Wildman–Crippen LogP) is 5.41. The molecule has 0 saturated carbocycles. The van der Waals surface area contributed by atoms with Gasteiger partial charge < -0.3 is 10.1 Å². The van der Waals surface area contributed by atoms with Gasteiger partial charge in [0.1, 0.15) is 17.4 Å². The summed E-state index contributed by atoms with van der Waals surface area (Å²) >= 11 is 3.49. The SMILES string of the molecule is CC[C@@H](C)Oc1ccc(/C=C(/C#N)C(=O)N[C@H](C)c2ccccc2)cc1Br. The predicted molar refractivity (Wildman–Crippen MR) is 111 cm³/mol. The van der Waals surface area contributed by atoms with Gasteiger partial charge in [0.2, 0.25) is 0 Å². The third-order valence-corrected chi connectivity index (χ3v) is 4.80. The number of rotatable bonds is 7. The molecule has 0 aliphatic carbocycles. The van der Waals surface area contributed by atoms with Crippen LogP contribution in [0.25, 0.3) is 6.08 Å². The van der Waals surface area contributed by atoms with Crippen LogP contribution in [0.5, 0.6) is 5.75 Å². The summed E-state index contributed by atoms with van der Waals surface area (Å²) in [6.07, 6.45) is 2.60. The molecule has 1 N–H and O–H groups in total. The molecule has 0 radical (unpaired) electrons. The fraction of sp³-hybridized carbons (Fsp3) is 0.273. The van der Waals surface area contributed by atoms with Gasteiger partial charge in [0.15, 0.2) is 0 Å². The van der Waals surface area contributed by atoms with Crippen LogP contribution in [0.3, 0.4) is 0 Å². The molecule has 0 fully saturated rings. The van der Waals surface area contributed by atoms with Crippen LogP contribution in [-0.2, 0) is 4.79 Å². The van der Waals surface area contributed by atoms with Crippen molar-refractivity contribution >= 4 is 27.9 Å². The van der Waals surface area contributed by atoms with Crippen molar-refractivity contribution in [2.24, 2.45) is 0 Å². The minimum Gasteiger partial charge on any atom is -0.490 e. The monoisotopic (exact) mass is 426 g/mol. The van der Waals surface area contributed by atoms with E-state index in [1.165, 1.54) is 0 Å². The van der Waals surface area contributed by atoms with Crippen LogP contribution < -0.4 is 10.1 Å². The molecule has 0 bridgehead atoms. The topological polar surface area (TPSA) is 62.1 Å². The zero-order valence-corrected chi connectivity index (χ0v) is 17.3. The van der Waals surface area contributed by atoms with Crippen LogP contribution in [0.4, 0.5) is 0 Å². The van der Waals surface area contributed by atoms with Crippen molar-refractivity contribution in [1.29, 1.82) is 5.26 Å². The Bertz CT molecular complexity index is 856. The maximum Gasteiger partial charge on any atom is 0.262 e. The molecule has 0 spiro atoms. The fourth-order valence-electron chi connectivity index (χ4n) is 2.42. The summed E-state index contributed by atoms with van der Waals surface area (Å²) in [5, 5.41) is 12.3. The van der Waals surface area contributed by atoms with Crippen LogP contribution in [0.2, 0.25) is 0 Å². The summed E-state index contributed by atoms with van der Waals surface area (Å²) in [5.41, 5.74) is 1.79. The molecule has 0 saturated heterocycles. The molecule has 0 aromatic heterocycles. The van der Waals surface area contributed by atoms with Gasteiger partial charge >= 0.3 is 0 Å². The van der Waals surface area contributed by atoms with Crippen LogP contribution in [0.15, 0.2) is 58.6 Å². The summed E-state index contributed by atoms with van der Waals surface area (Å²) in [5.74, 6) is 0.340. The van der Waals surface area contributed by atoms with Gasteiger partial charge in [0.05, 0.1) is 16.6 Å². The average Bonchev–Trinajstić information content (AvgIpc) is 2.68. The number of ether oxygens (including phenoxy) is 1. The van der Waals surface area contributed by atoms with Gasteiger partial charge in [0.25, 0.3) is 5.91 Å².